The largest absolute Gasteiger partial charge is 0.497 e. The zero-order valence-corrected chi connectivity index (χ0v) is 16.6. The van der Waals surface area contributed by atoms with Gasteiger partial charge >= 0.3 is 0 Å². The van der Waals surface area contributed by atoms with E-state index in [0.29, 0.717) is 24.2 Å². The number of carbonyl (C=O) groups is 2. The van der Waals surface area contributed by atoms with Crippen molar-refractivity contribution in [2.75, 3.05) is 13.7 Å². The molecule has 3 rings (SSSR count). The Morgan fingerprint density at radius 2 is 1.90 bits per heavy atom. The molecule has 1 atom stereocenters. The number of carbonyl (C=O) groups excluding carboxylic acids is 2. The van der Waals surface area contributed by atoms with Gasteiger partial charge in [-0.25, -0.2) is 0 Å². The molecule has 1 N–H and O–H groups in total. The van der Waals surface area contributed by atoms with Crippen LogP contribution in [-0.4, -0.2) is 32.0 Å². The number of fused-ring (bicyclic) bond motifs is 1. The van der Waals surface area contributed by atoms with Gasteiger partial charge in [0.15, 0.2) is 5.76 Å². The molecule has 0 aliphatic rings. The van der Waals surface area contributed by atoms with Crippen molar-refractivity contribution in [3.05, 3.63) is 65.4 Å². The van der Waals surface area contributed by atoms with Gasteiger partial charge in [-0.2, -0.15) is 0 Å². The van der Waals surface area contributed by atoms with Gasteiger partial charge in [0.2, 0.25) is 0 Å². The fraction of sp³-hybridized carbons (Fsp3) is 0.304. The van der Waals surface area contributed by atoms with Crippen LogP contribution < -0.4 is 10.1 Å². The Hall–Kier alpha value is -3.12. The van der Waals surface area contributed by atoms with E-state index in [2.05, 4.69) is 24.4 Å². The van der Waals surface area contributed by atoms with E-state index in [1.54, 1.807) is 31.4 Å². The molecule has 0 radical (unpaired) electrons. The van der Waals surface area contributed by atoms with E-state index in [1.165, 1.54) is 5.56 Å². The van der Waals surface area contributed by atoms with Crippen LogP contribution in [-0.2, 0) is 22.6 Å². The SMILES string of the molecule is CCCc1ccc(COCC(C=O)NC(=O)c2cc3cc(OC)ccc3o2)cc1. The van der Waals surface area contributed by atoms with Crippen molar-refractivity contribution in [3.8, 4) is 5.75 Å². The molecule has 0 aliphatic carbocycles. The lowest BCUT2D eigenvalue weighted by atomic mass is 10.1. The van der Waals surface area contributed by atoms with Gasteiger partial charge < -0.3 is 24.0 Å². The molecule has 152 valence electrons. The van der Waals surface area contributed by atoms with Crippen molar-refractivity contribution < 1.29 is 23.5 Å². The van der Waals surface area contributed by atoms with E-state index < -0.39 is 11.9 Å². The van der Waals surface area contributed by atoms with Crippen LogP contribution in [0, 0.1) is 0 Å². The molecule has 1 amide bonds. The Morgan fingerprint density at radius 3 is 2.59 bits per heavy atom. The van der Waals surface area contributed by atoms with Gasteiger partial charge in [-0.1, -0.05) is 37.6 Å². The maximum atomic E-state index is 12.4. The number of aryl methyl sites for hydroxylation is 1. The third kappa shape index (κ3) is 5.45. The zero-order valence-electron chi connectivity index (χ0n) is 16.6. The number of amides is 1. The lowest BCUT2D eigenvalue weighted by Crippen LogP contribution is -2.39. The van der Waals surface area contributed by atoms with Gasteiger partial charge in [-0.05, 0) is 41.8 Å². The summed E-state index contributed by atoms with van der Waals surface area (Å²) in [6.45, 7) is 2.60. The van der Waals surface area contributed by atoms with Crippen LogP contribution in [0.1, 0.15) is 35.0 Å². The molecule has 1 aromatic heterocycles. The van der Waals surface area contributed by atoms with Gasteiger partial charge in [0.25, 0.3) is 5.91 Å². The summed E-state index contributed by atoms with van der Waals surface area (Å²) in [5.41, 5.74) is 2.88. The number of hydrogen-bond donors (Lipinski definition) is 1. The average molecular weight is 395 g/mol. The van der Waals surface area contributed by atoms with E-state index in [0.717, 1.165) is 23.8 Å². The summed E-state index contributed by atoms with van der Waals surface area (Å²) in [4.78, 5) is 23.8. The predicted octanol–water partition coefficient (Wildman–Crippen LogP) is 3.91. The van der Waals surface area contributed by atoms with Crippen molar-refractivity contribution in [2.24, 2.45) is 0 Å². The average Bonchev–Trinajstić information content (AvgIpc) is 3.17. The molecule has 0 aliphatic heterocycles. The number of hydrogen-bond acceptors (Lipinski definition) is 5. The summed E-state index contributed by atoms with van der Waals surface area (Å²) >= 11 is 0. The Morgan fingerprint density at radius 1 is 1.14 bits per heavy atom. The maximum absolute atomic E-state index is 12.4. The van der Waals surface area contributed by atoms with Crippen LogP contribution in [0.2, 0.25) is 0 Å². The second-order valence-corrected chi connectivity index (χ2v) is 6.81. The van der Waals surface area contributed by atoms with Crippen LogP contribution in [0.4, 0.5) is 0 Å². The standard InChI is InChI=1S/C23H25NO5/c1-3-4-16-5-7-17(8-6-16)14-28-15-19(13-25)24-23(26)22-12-18-11-20(27-2)9-10-21(18)29-22/h5-13,19H,3-4,14-15H2,1-2H3,(H,24,26). The Labute approximate surface area is 169 Å². The molecule has 6 heteroatoms. The summed E-state index contributed by atoms with van der Waals surface area (Å²) in [6.07, 6.45) is 2.82. The fourth-order valence-corrected chi connectivity index (χ4v) is 3.01. The van der Waals surface area contributed by atoms with Crippen molar-refractivity contribution >= 4 is 23.2 Å². The molecule has 0 saturated heterocycles. The molecule has 1 unspecified atom stereocenters. The minimum absolute atomic E-state index is 0.0833. The molecule has 0 fully saturated rings. The quantitative estimate of drug-likeness (QED) is 0.527. The summed E-state index contributed by atoms with van der Waals surface area (Å²) in [5.74, 6) is 0.337. The number of aldehydes is 1. The van der Waals surface area contributed by atoms with E-state index in [9.17, 15) is 9.59 Å². The Balaban J connectivity index is 1.53. The van der Waals surface area contributed by atoms with E-state index in [1.807, 2.05) is 12.1 Å². The molecule has 0 saturated carbocycles. The Kier molecular flexibility index (Phi) is 7.03. The lowest BCUT2D eigenvalue weighted by molar-refractivity contribution is -0.110. The minimum Gasteiger partial charge on any atom is -0.497 e. The summed E-state index contributed by atoms with van der Waals surface area (Å²) in [7, 11) is 1.57. The smallest absolute Gasteiger partial charge is 0.287 e. The predicted molar refractivity (Wildman–Crippen MR) is 110 cm³/mol. The summed E-state index contributed by atoms with van der Waals surface area (Å²) in [5, 5.41) is 3.38. The highest BCUT2D eigenvalue weighted by molar-refractivity contribution is 5.97. The number of ether oxygens (including phenoxy) is 2. The second kappa shape index (κ2) is 9.89. The van der Waals surface area contributed by atoms with Crippen LogP contribution >= 0.6 is 0 Å². The van der Waals surface area contributed by atoms with E-state index in [-0.39, 0.29) is 12.4 Å². The molecule has 1 heterocycles. The molecular formula is C23H25NO5. The normalized spacial score (nSPS) is 11.9. The molecular weight excluding hydrogens is 370 g/mol. The van der Waals surface area contributed by atoms with Gasteiger partial charge in [-0.15, -0.1) is 0 Å². The van der Waals surface area contributed by atoms with Crippen molar-refractivity contribution in [1.29, 1.82) is 0 Å². The highest BCUT2D eigenvalue weighted by Gasteiger charge is 2.17. The number of furan rings is 1. The zero-order chi connectivity index (χ0) is 20.6. The van der Waals surface area contributed by atoms with Crippen LogP contribution in [0.15, 0.2) is 52.9 Å². The van der Waals surface area contributed by atoms with Crippen LogP contribution in [0.25, 0.3) is 11.0 Å². The van der Waals surface area contributed by atoms with Crippen LogP contribution in [0.3, 0.4) is 0 Å². The fourth-order valence-electron chi connectivity index (χ4n) is 3.01. The van der Waals surface area contributed by atoms with Crippen molar-refractivity contribution in [3.63, 3.8) is 0 Å². The number of methoxy groups -OCH3 is 1. The Bertz CT molecular complexity index is 961. The summed E-state index contributed by atoms with van der Waals surface area (Å²) in [6, 6.07) is 14.3. The summed E-state index contributed by atoms with van der Waals surface area (Å²) < 4.78 is 16.3. The third-order valence-corrected chi connectivity index (χ3v) is 4.56. The first-order chi connectivity index (χ1) is 14.1. The monoisotopic (exact) mass is 395 g/mol. The van der Waals surface area contributed by atoms with Crippen LogP contribution in [0.5, 0.6) is 5.75 Å². The topological polar surface area (TPSA) is 77.8 Å². The van der Waals surface area contributed by atoms with Crippen molar-refractivity contribution in [2.45, 2.75) is 32.4 Å². The number of rotatable bonds is 10. The highest BCUT2D eigenvalue weighted by Crippen LogP contribution is 2.24. The number of benzene rings is 2. The molecule has 29 heavy (non-hydrogen) atoms. The molecule has 3 aromatic rings. The molecule has 0 bridgehead atoms. The number of nitrogens with one attached hydrogen (secondary N) is 1. The third-order valence-electron chi connectivity index (χ3n) is 4.56. The maximum Gasteiger partial charge on any atom is 0.287 e. The van der Waals surface area contributed by atoms with E-state index >= 15 is 0 Å². The van der Waals surface area contributed by atoms with Gasteiger partial charge in [0, 0.05) is 5.39 Å². The first kappa shape index (κ1) is 20.6. The lowest BCUT2D eigenvalue weighted by Gasteiger charge is -2.12. The highest BCUT2D eigenvalue weighted by atomic mass is 16.5. The van der Waals surface area contributed by atoms with Gasteiger partial charge in [0.1, 0.15) is 23.7 Å². The van der Waals surface area contributed by atoms with Gasteiger partial charge in [-0.3, -0.25) is 4.79 Å². The molecule has 2 aromatic carbocycles. The van der Waals surface area contributed by atoms with Crippen molar-refractivity contribution in [1.82, 2.24) is 5.32 Å². The van der Waals surface area contributed by atoms with Gasteiger partial charge in [0.05, 0.1) is 20.3 Å². The second-order valence-electron chi connectivity index (χ2n) is 6.81. The molecule has 0 spiro atoms. The first-order valence-electron chi connectivity index (χ1n) is 9.62. The first-order valence-corrected chi connectivity index (χ1v) is 9.62. The minimum atomic E-state index is -0.760. The molecule has 6 nitrogen and oxygen atoms in total. The van der Waals surface area contributed by atoms with E-state index in [4.69, 9.17) is 13.9 Å².